The SMILES string of the molecule is C=P(C)(C)CC[C@H]1O[C@@H](n2c(C)nc3c(N)ccnc32)[C@H](O)[C@@H]1O.C=P(C)(C)CC[C@H]1O[C@@H](n2c(CC)nc3c(N)ccnc32)[C@H](O)[C@@H]1O.C=P(C)(C)CC[C@H]1O[C@@H](n2cnc3c(CC/C=C(/C)CC)nc(OC)nc32)[C@H](O)[C@@H]1O.C=P(C)(C)CC[C@H]1O[C@@H](n2cnc3c(CC/C=C(/C)CC)ncnc32)[C@H](O)[C@@H]1O. The Labute approximate surface area is 640 Å². The highest BCUT2D eigenvalue weighted by atomic mass is 31.2. The number of nitrogen functional groups attached to an aromatic ring is 2. The van der Waals surface area contributed by atoms with Crippen molar-refractivity contribution in [3.05, 3.63) is 89.8 Å². The van der Waals surface area contributed by atoms with E-state index in [9.17, 15) is 40.9 Å². The third kappa shape index (κ3) is 21.4. The smallest absolute Gasteiger partial charge is 0.318 e. The molecule has 0 unspecified atom stereocenters. The van der Waals surface area contributed by atoms with Gasteiger partial charge >= 0.3 is 6.01 Å². The van der Waals surface area contributed by atoms with Gasteiger partial charge in [0.25, 0.3) is 0 Å². The zero-order valence-corrected chi connectivity index (χ0v) is 69.8. The molecule has 33 heteroatoms. The lowest BCUT2D eigenvalue weighted by atomic mass is 10.1. The Morgan fingerprint density at radius 3 is 1.28 bits per heavy atom. The van der Waals surface area contributed by atoms with Crippen LogP contribution in [0, 0.1) is 6.92 Å². The lowest BCUT2D eigenvalue weighted by molar-refractivity contribution is -0.0367. The average Bonchev–Trinajstić information content (AvgIpc) is 1.62. The molecule has 0 amide bonds. The van der Waals surface area contributed by atoms with Crippen molar-refractivity contribution in [2.75, 3.05) is 96.5 Å². The van der Waals surface area contributed by atoms with Gasteiger partial charge in [-0.2, -0.15) is 9.97 Å². The van der Waals surface area contributed by atoms with Gasteiger partial charge in [0.15, 0.2) is 47.5 Å². The lowest BCUT2D eigenvalue weighted by Gasteiger charge is -2.19. The van der Waals surface area contributed by atoms with Crippen LogP contribution in [0.3, 0.4) is 0 Å². The van der Waals surface area contributed by atoms with E-state index >= 15 is 0 Å². The van der Waals surface area contributed by atoms with E-state index in [2.05, 4.69) is 168 Å². The van der Waals surface area contributed by atoms with E-state index in [1.807, 2.05) is 13.8 Å². The van der Waals surface area contributed by atoms with Crippen LogP contribution in [0.1, 0.15) is 134 Å². The number of rotatable bonds is 26. The monoisotopic (exact) mass is 1590 g/mol. The number of aliphatic hydroxyl groups is 8. The van der Waals surface area contributed by atoms with Gasteiger partial charge in [0.1, 0.15) is 88.9 Å². The van der Waals surface area contributed by atoms with E-state index in [0.29, 0.717) is 100 Å². The molecule has 4 fully saturated rings. The van der Waals surface area contributed by atoms with Gasteiger partial charge in [0.05, 0.1) is 66.9 Å². The summed E-state index contributed by atoms with van der Waals surface area (Å²) in [7, 11) is 1.52. The zero-order chi connectivity index (χ0) is 79.9. The van der Waals surface area contributed by atoms with Crippen molar-refractivity contribution in [3.8, 4) is 6.01 Å². The van der Waals surface area contributed by atoms with E-state index < -0.39 is 126 Å². The van der Waals surface area contributed by atoms with Gasteiger partial charge in [0, 0.05) is 18.8 Å². The quantitative estimate of drug-likeness (QED) is 0.0181. The molecule has 29 nitrogen and oxygen atoms in total. The van der Waals surface area contributed by atoms with Gasteiger partial charge < -0.3 is 76.0 Å². The number of fused-ring (bicyclic) bond motifs is 4. The fourth-order valence-corrected chi connectivity index (χ4v) is 17.3. The number of imidazole rings is 4. The summed E-state index contributed by atoms with van der Waals surface area (Å²) in [5, 5.41) is 84.3. The Hall–Kier alpha value is -6.06. The highest BCUT2D eigenvalue weighted by molar-refractivity contribution is 7.73. The fraction of sp³-hybridized carbons (Fsp3) is 0.605. The molecule has 4 saturated heterocycles. The zero-order valence-electron chi connectivity index (χ0n) is 66.2. The summed E-state index contributed by atoms with van der Waals surface area (Å²) in [5.41, 5.74) is 22.2. The molecule has 109 heavy (non-hydrogen) atoms. The van der Waals surface area contributed by atoms with E-state index in [1.54, 1.807) is 55.4 Å². The van der Waals surface area contributed by atoms with Crippen LogP contribution in [0.5, 0.6) is 6.01 Å². The van der Waals surface area contributed by atoms with E-state index in [0.717, 1.165) is 74.0 Å². The summed E-state index contributed by atoms with van der Waals surface area (Å²) in [6, 6.07) is 3.62. The first-order valence-corrected chi connectivity index (χ1v) is 49.7. The van der Waals surface area contributed by atoms with Crippen molar-refractivity contribution in [1.82, 2.24) is 68.1 Å². The first kappa shape index (κ1) is 86.9. The average molecular weight is 1590 g/mol. The summed E-state index contributed by atoms with van der Waals surface area (Å²) in [6.45, 7) is 24.5. The van der Waals surface area contributed by atoms with Crippen LogP contribution in [-0.4, -0.2) is 292 Å². The molecule has 0 bridgehead atoms. The third-order valence-corrected chi connectivity index (χ3v) is 26.1. The number of aryl methyl sites for hydroxylation is 4. The van der Waals surface area contributed by atoms with Crippen molar-refractivity contribution < 1.29 is 64.5 Å². The van der Waals surface area contributed by atoms with Crippen LogP contribution in [-0.2, 0) is 38.2 Å². The Morgan fingerprint density at radius 1 is 0.477 bits per heavy atom. The Balaban J connectivity index is 0.000000168. The van der Waals surface area contributed by atoms with Crippen molar-refractivity contribution in [3.63, 3.8) is 0 Å². The van der Waals surface area contributed by atoms with Crippen LogP contribution >= 0.6 is 27.5 Å². The maximum Gasteiger partial charge on any atom is 0.318 e. The highest BCUT2D eigenvalue weighted by Crippen LogP contribution is 2.45. The number of allylic oxidation sites excluding steroid dienone is 4. The second-order valence-corrected chi connectivity index (χ2v) is 49.2. The van der Waals surface area contributed by atoms with E-state index in [-0.39, 0.29) is 6.01 Å². The first-order chi connectivity index (χ1) is 51.3. The van der Waals surface area contributed by atoms with Gasteiger partial charge in [0.2, 0.25) is 0 Å². The largest absolute Gasteiger partial charge is 0.467 e. The molecule has 16 atom stereocenters. The Bertz CT molecular complexity index is 4670. The van der Waals surface area contributed by atoms with Crippen LogP contribution in [0.25, 0.3) is 44.7 Å². The number of ether oxygens (including phenoxy) is 5. The molecule has 12 N–H and O–H groups in total. The number of methoxy groups -OCH3 is 1. The molecule has 12 heterocycles. The van der Waals surface area contributed by atoms with Gasteiger partial charge in [-0.25, -0.2) is 39.9 Å². The number of pyridine rings is 2. The minimum Gasteiger partial charge on any atom is -0.467 e. The molecule has 602 valence electrons. The Morgan fingerprint density at radius 2 is 0.862 bits per heavy atom. The first-order valence-electron chi connectivity index (χ1n) is 37.5. The Kier molecular flexibility index (Phi) is 29.4. The van der Waals surface area contributed by atoms with Crippen molar-refractivity contribution >= 4 is 109 Å². The predicted octanol–water partition coefficient (Wildman–Crippen LogP) is 8.01. The minimum atomic E-state index is -1.25. The lowest BCUT2D eigenvalue weighted by Crippen LogP contribution is -2.32. The van der Waals surface area contributed by atoms with E-state index in [1.165, 1.54) is 24.6 Å². The van der Waals surface area contributed by atoms with Crippen molar-refractivity contribution in [2.24, 2.45) is 0 Å². The maximum atomic E-state index is 10.7. The molecule has 4 aliphatic rings. The predicted molar refractivity (Wildman–Crippen MR) is 445 cm³/mol. The summed E-state index contributed by atoms with van der Waals surface area (Å²) >= 11 is 0. The summed E-state index contributed by atoms with van der Waals surface area (Å²) < 4.78 is 36.3. The molecular formula is C76H120N16O13P4. The van der Waals surface area contributed by atoms with Crippen LogP contribution in [0.2, 0.25) is 0 Å². The number of aliphatic hydroxyl groups excluding tert-OH is 8. The van der Waals surface area contributed by atoms with Gasteiger partial charge in [-0.05, 0) is 175 Å². The second kappa shape index (κ2) is 36.8. The van der Waals surface area contributed by atoms with Gasteiger partial charge in [-0.15, -0.1) is 52.7 Å². The molecule has 8 aromatic rings. The molecule has 12 rings (SSSR count). The van der Waals surface area contributed by atoms with E-state index in [4.69, 9.17) is 35.2 Å². The second-order valence-electron chi connectivity index (χ2n) is 31.9. The van der Waals surface area contributed by atoms with Gasteiger partial charge in [-0.1, -0.05) is 44.1 Å². The molecular weight excluding hydrogens is 1470 g/mol. The maximum absolute atomic E-state index is 10.7. The van der Waals surface area contributed by atoms with Crippen LogP contribution in [0.15, 0.2) is 66.8 Å². The van der Waals surface area contributed by atoms with Gasteiger partial charge in [-0.3, -0.25) is 18.3 Å². The number of hydrogen-bond acceptors (Lipinski definition) is 25. The standard InChI is InChI=1S/C22H35N4O4P.C21H33N4O3P.C17H27N4O3P.C16H25N4O3P/c1-7-14(2)9-8-10-15-17-20(25-22(24-15)29-3)26(13-23-17)21-19(28)18(27)16(30-21)11-12-31(4,5)6;1-6-14(2)8-7-9-15-17-20(23-12-22-15)25(13-24-17)21-19(27)18(26)16(28-21)10-11-29(3,4)5;1-5-12-20-13-10(18)6-8-19-16(13)21(12)17-15(23)14(22)11(24-17)7-9-25(2,3)4;1-9-19-12-10(17)5-7-18-15(12)20(9)16-14(22)13(21)11(23-16)6-8-24(2,3)4/h9,13,16,18-19,21,27-28H,4,7-8,10-12H2,1-3,5-6H3;8,12-13,16,18-19,21,26-27H,3,6-7,9-11H2,1-2,4-5H3;6,8,11,14-15,17,22-23H,2,5,7,9H2,1,3-4H3,(H2,18,19);5,7,11,13-14,16,21-22H,2,6,8H2,1,3-4H3,(H2,17,18)/b14-9-;14-8-;;/t2*16-,18-,19-,21-;11-,14-,15-,17-;11-,13-,14-,16-/m1111/s1. The molecule has 0 spiro atoms. The number of hydrogen-bond donors (Lipinski definition) is 10. The van der Waals surface area contributed by atoms with Crippen LogP contribution < -0.4 is 16.2 Å². The molecule has 8 aromatic heterocycles. The highest BCUT2D eigenvalue weighted by Gasteiger charge is 2.48. The number of nitrogens with two attached hydrogens (primary N) is 2. The van der Waals surface area contributed by atoms with Crippen molar-refractivity contribution in [1.29, 1.82) is 0 Å². The normalized spacial score (nSPS) is 26.3. The molecule has 0 radical (unpaired) electrons. The number of anilines is 2. The topological polar surface area (TPSA) is 409 Å². The summed E-state index contributed by atoms with van der Waals surface area (Å²) in [4.78, 5) is 44.4. The molecule has 0 aromatic carbocycles. The third-order valence-electron chi connectivity index (χ3n) is 20.2. The van der Waals surface area contributed by atoms with Crippen LogP contribution in [0.4, 0.5) is 11.4 Å². The molecule has 0 aliphatic carbocycles. The summed E-state index contributed by atoms with van der Waals surface area (Å²) in [6.07, 6.45) is 28.7. The minimum absolute atomic E-state index is 0.244. The molecule has 0 saturated carbocycles. The number of aromatic nitrogens is 14. The fourth-order valence-electron chi connectivity index (χ4n) is 13.5. The number of nitrogens with zero attached hydrogens (tertiary/aromatic N) is 14. The summed E-state index contributed by atoms with van der Waals surface area (Å²) in [5.74, 6) is 1.36. The molecule has 4 aliphatic heterocycles. The van der Waals surface area contributed by atoms with Crippen molar-refractivity contribution in [2.45, 2.75) is 210 Å².